The maximum absolute atomic E-state index is 12.2. The van der Waals surface area contributed by atoms with Gasteiger partial charge in [-0.05, 0) is 24.5 Å². The van der Waals surface area contributed by atoms with Crippen LogP contribution in [0, 0.1) is 18.9 Å². The first-order valence-electron chi connectivity index (χ1n) is 6.00. The van der Waals surface area contributed by atoms with E-state index in [9.17, 15) is 8.42 Å². The van der Waals surface area contributed by atoms with Gasteiger partial charge in [0.15, 0.2) is 6.10 Å². The van der Waals surface area contributed by atoms with Gasteiger partial charge >= 0.3 is 0 Å². The smallest absolute Gasteiger partial charge is 0.297 e. The lowest BCUT2D eigenvalue weighted by molar-refractivity contribution is 0.107. The molecule has 0 spiro atoms. The van der Waals surface area contributed by atoms with Crippen LogP contribution in [0.25, 0.3) is 4.85 Å². The minimum absolute atomic E-state index is 0.0224. The molecule has 0 radical (unpaired) electrons. The van der Waals surface area contributed by atoms with Crippen molar-refractivity contribution in [3.63, 3.8) is 0 Å². The van der Waals surface area contributed by atoms with Crippen LogP contribution >= 0.6 is 0 Å². The standard InChI is InChI=1S/C14H19NO3S/c1-11-6-8-12(9-7-11)19(16,17)18-13(10-15-5)14(2,3)4/h6-9,13H,10H2,1-4H3. The second-order valence-corrected chi connectivity index (χ2v) is 7.13. The predicted octanol–water partition coefficient (Wildman–Crippen LogP) is 3.03. The molecule has 0 aromatic heterocycles. The lowest BCUT2D eigenvalue weighted by Crippen LogP contribution is -2.33. The summed E-state index contributed by atoms with van der Waals surface area (Å²) in [7, 11) is -3.82. The van der Waals surface area contributed by atoms with E-state index in [0.29, 0.717) is 0 Å². The second kappa shape index (κ2) is 5.72. The van der Waals surface area contributed by atoms with Crippen LogP contribution in [0.5, 0.6) is 0 Å². The molecule has 19 heavy (non-hydrogen) atoms. The van der Waals surface area contributed by atoms with Gasteiger partial charge in [-0.15, -0.1) is 0 Å². The van der Waals surface area contributed by atoms with Crippen molar-refractivity contribution in [2.75, 3.05) is 6.54 Å². The molecule has 1 aromatic rings. The molecule has 0 aliphatic carbocycles. The van der Waals surface area contributed by atoms with Gasteiger partial charge in [-0.3, -0.25) is 4.18 Å². The van der Waals surface area contributed by atoms with Crippen LogP contribution in [0.3, 0.4) is 0 Å². The van der Waals surface area contributed by atoms with E-state index in [1.165, 1.54) is 12.1 Å². The first-order chi connectivity index (χ1) is 8.66. The topological polar surface area (TPSA) is 47.7 Å². The van der Waals surface area contributed by atoms with Gasteiger partial charge in [-0.2, -0.15) is 8.42 Å². The van der Waals surface area contributed by atoms with Crippen LogP contribution in [0.2, 0.25) is 0 Å². The number of aryl methyl sites for hydroxylation is 1. The Morgan fingerprint density at radius 2 is 1.79 bits per heavy atom. The fourth-order valence-electron chi connectivity index (χ4n) is 1.44. The number of nitrogens with zero attached hydrogens (tertiary/aromatic N) is 1. The average molecular weight is 281 g/mol. The maximum atomic E-state index is 12.2. The van der Waals surface area contributed by atoms with Gasteiger partial charge < -0.3 is 4.85 Å². The largest absolute Gasteiger partial charge is 0.314 e. The van der Waals surface area contributed by atoms with Gasteiger partial charge in [0.2, 0.25) is 6.54 Å². The molecule has 1 rings (SSSR count). The molecule has 0 saturated carbocycles. The molecule has 1 unspecified atom stereocenters. The van der Waals surface area contributed by atoms with Crippen LogP contribution < -0.4 is 0 Å². The van der Waals surface area contributed by atoms with Crippen molar-refractivity contribution in [3.8, 4) is 0 Å². The zero-order valence-corrected chi connectivity index (χ0v) is 12.5. The van der Waals surface area contributed by atoms with Crippen LogP contribution in [0.4, 0.5) is 0 Å². The highest BCUT2D eigenvalue weighted by Crippen LogP contribution is 2.26. The van der Waals surface area contributed by atoms with Gasteiger partial charge in [0.1, 0.15) is 0 Å². The van der Waals surface area contributed by atoms with Crippen LogP contribution in [0.15, 0.2) is 29.2 Å². The molecule has 0 saturated heterocycles. The number of hydrogen-bond acceptors (Lipinski definition) is 3. The van der Waals surface area contributed by atoms with E-state index >= 15 is 0 Å². The van der Waals surface area contributed by atoms with E-state index in [4.69, 9.17) is 10.8 Å². The summed E-state index contributed by atoms with van der Waals surface area (Å²) in [6.07, 6.45) is -0.656. The lowest BCUT2D eigenvalue weighted by atomic mass is 9.89. The van der Waals surface area contributed by atoms with Crippen molar-refractivity contribution >= 4 is 10.1 Å². The summed E-state index contributed by atoms with van der Waals surface area (Å²) in [4.78, 5) is 3.38. The normalized spacial score (nSPS) is 13.8. The van der Waals surface area contributed by atoms with Gasteiger partial charge in [-0.1, -0.05) is 38.5 Å². The van der Waals surface area contributed by atoms with E-state index < -0.39 is 21.6 Å². The minimum Gasteiger partial charge on any atom is -0.314 e. The van der Waals surface area contributed by atoms with Crippen LogP contribution in [-0.4, -0.2) is 21.1 Å². The first-order valence-corrected chi connectivity index (χ1v) is 7.41. The van der Waals surface area contributed by atoms with E-state index in [0.717, 1.165) is 5.56 Å². The Labute approximate surface area is 115 Å². The molecule has 4 nitrogen and oxygen atoms in total. The monoisotopic (exact) mass is 281 g/mol. The zero-order valence-electron chi connectivity index (χ0n) is 11.7. The van der Waals surface area contributed by atoms with Gasteiger partial charge in [-0.25, -0.2) is 6.57 Å². The summed E-state index contributed by atoms with van der Waals surface area (Å²) in [6.45, 7) is 14.4. The number of benzene rings is 1. The Morgan fingerprint density at radius 1 is 1.26 bits per heavy atom. The molecular weight excluding hydrogens is 262 g/mol. The third-order valence-electron chi connectivity index (χ3n) is 2.78. The molecule has 0 bridgehead atoms. The summed E-state index contributed by atoms with van der Waals surface area (Å²) in [5.74, 6) is 0. The lowest BCUT2D eigenvalue weighted by Gasteiger charge is -2.25. The van der Waals surface area contributed by atoms with E-state index in [1.54, 1.807) is 12.1 Å². The minimum atomic E-state index is -3.82. The van der Waals surface area contributed by atoms with Gasteiger partial charge in [0, 0.05) is 0 Å². The molecule has 1 atom stereocenters. The second-order valence-electron chi connectivity index (χ2n) is 5.56. The number of hydrogen-bond donors (Lipinski definition) is 0. The van der Waals surface area contributed by atoms with Gasteiger partial charge in [0.05, 0.1) is 4.90 Å². The molecule has 0 aliphatic rings. The van der Waals surface area contributed by atoms with Crippen molar-refractivity contribution in [2.45, 2.75) is 38.7 Å². The molecule has 1 aromatic carbocycles. The highest BCUT2D eigenvalue weighted by molar-refractivity contribution is 7.86. The molecule has 104 valence electrons. The van der Waals surface area contributed by atoms with Crippen molar-refractivity contribution in [3.05, 3.63) is 41.2 Å². The average Bonchev–Trinajstić information content (AvgIpc) is 2.27. The zero-order chi connectivity index (χ0) is 14.7. The third kappa shape index (κ3) is 4.34. The molecular formula is C14H19NO3S. The molecule has 0 aliphatic heterocycles. The molecule has 0 heterocycles. The van der Waals surface area contributed by atoms with Crippen molar-refractivity contribution in [1.82, 2.24) is 0 Å². The highest BCUT2D eigenvalue weighted by Gasteiger charge is 2.33. The Morgan fingerprint density at radius 3 is 2.21 bits per heavy atom. The predicted molar refractivity (Wildman–Crippen MR) is 74.2 cm³/mol. The summed E-state index contributed by atoms with van der Waals surface area (Å²) in [5.41, 5.74) is 0.565. The fourth-order valence-corrected chi connectivity index (χ4v) is 2.68. The molecule has 0 fully saturated rings. The SMILES string of the molecule is [C-]#[N+]CC(OS(=O)(=O)c1ccc(C)cc1)C(C)(C)C. The Bertz CT molecular complexity index is 562. The third-order valence-corrected chi connectivity index (χ3v) is 4.11. The van der Waals surface area contributed by atoms with Crippen molar-refractivity contribution in [1.29, 1.82) is 0 Å². The van der Waals surface area contributed by atoms with Gasteiger partial charge in [0.25, 0.3) is 10.1 Å². The summed E-state index contributed by atoms with van der Waals surface area (Å²) >= 11 is 0. The van der Waals surface area contributed by atoms with Crippen molar-refractivity contribution in [2.24, 2.45) is 5.41 Å². The number of rotatable bonds is 4. The Hall–Kier alpha value is -1.38. The molecule has 5 heteroatoms. The Kier molecular flexibility index (Phi) is 4.72. The fraction of sp³-hybridized carbons (Fsp3) is 0.500. The Balaban J connectivity index is 3.01. The maximum Gasteiger partial charge on any atom is 0.297 e. The van der Waals surface area contributed by atoms with E-state index in [1.807, 2.05) is 27.7 Å². The van der Waals surface area contributed by atoms with E-state index in [2.05, 4.69) is 4.85 Å². The van der Waals surface area contributed by atoms with Crippen LogP contribution in [0.1, 0.15) is 26.3 Å². The first kappa shape index (κ1) is 15.7. The molecule has 0 N–H and O–H groups in total. The summed E-state index contributed by atoms with van der Waals surface area (Å²) in [5, 5.41) is 0. The van der Waals surface area contributed by atoms with Crippen LogP contribution in [-0.2, 0) is 14.3 Å². The highest BCUT2D eigenvalue weighted by atomic mass is 32.2. The summed E-state index contributed by atoms with van der Waals surface area (Å²) in [6, 6.07) is 6.47. The molecule has 0 amide bonds. The van der Waals surface area contributed by atoms with Crippen molar-refractivity contribution < 1.29 is 12.6 Å². The summed E-state index contributed by atoms with van der Waals surface area (Å²) < 4.78 is 29.5. The quantitative estimate of drug-likeness (QED) is 0.629. The van der Waals surface area contributed by atoms with E-state index in [-0.39, 0.29) is 11.4 Å².